The van der Waals surface area contributed by atoms with E-state index < -0.39 is 6.10 Å². The summed E-state index contributed by atoms with van der Waals surface area (Å²) < 4.78 is 5.16. The van der Waals surface area contributed by atoms with E-state index in [4.69, 9.17) is 4.74 Å². The number of amides is 1. The molecule has 1 amide bonds. The summed E-state index contributed by atoms with van der Waals surface area (Å²) >= 11 is 0. The molecule has 1 unspecified atom stereocenters. The first-order valence-electron chi connectivity index (χ1n) is 5.02. The highest BCUT2D eigenvalue weighted by molar-refractivity contribution is 5.80. The van der Waals surface area contributed by atoms with E-state index >= 15 is 0 Å². The third kappa shape index (κ3) is 2.05. The van der Waals surface area contributed by atoms with Crippen molar-refractivity contribution in [2.75, 3.05) is 39.4 Å². The van der Waals surface area contributed by atoms with Gasteiger partial charge >= 0.3 is 0 Å². The fourth-order valence-corrected chi connectivity index (χ4v) is 1.71. The first kappa shape index (κ1) is 9.89. The average Bonchev–Trinajstić information content (AvgIpc) is 2.26. The zero-order chi connectivity index (χ0) is 9.97. The van der Waals surface area contributed by atoms with Gasteiger partial charge in [-0.15, -0.1) is 0 Å². The van der Waals surface area contributed by atoms with Crippen molar-refractivity contribution >= 4 is 5.91 Å². The van der Waals surface area contributed by atoms with Gasteiger partial charge in [0.15, 0.2) is 0 Å². The van der Waals surface area contributed by atoms with Gasteiger partial charge in [0.05, 0.1) is 25.2 Å². The summed E-state index contributed by atoms with van der Waals surface area (Å²) in [5.41, 5.74) is 0. The number of hydrogen-bond donors (Lipinski definition) is 2. The Labute approximate surface area is 83.0 Å². The molecule has 2 N–H and O–H groups in total. The lowest BCUT2D eigenvalue weighted by Gasteiger charge is -2.32. The summed E-state index contributed by atoms with van der Waals surface area (Å²) in [6.07, 6.45) is -0.533. The molecule has 80 valence electrons. The fraction of sp³-hybridized carbons (Fsp3) is 0.889. The minimum atomic E-state index is -0.533. The predicted molar refractivity (Wildman–Crippen MR) is 49.8 cm³/mol. The van der Waals surface area contributed by atoms with Crippen LogP contribution in [-0.2, 0) is 9.53 Å². The van der Waals surface area contributed by atoms with Crippen LogP contribution >= 0.6 is 0 Å². The number of nitrogens with zero attached hydrogens (tertiary/aromatic N) is 1. The highest BCUT2D eigenvalue weighted by Crippen LogP contribution is 2.10. The molecule has 2 rings (SSSR count). The molecule has 5 heteroatoms. The van der Waals surface area contributed by atoms with Crippen molar-refractivity contribution in [1.82, 2.24) is 10.2 Å². The molecule has 0 spiro atoms. The summed E-state index contributed by atoms with van der Waals surface area (Å²) in [6, 6.07) is 0. The molecule has 0 saturated carbocycles. The van der Waals surface area contributed by atoms with E-state index in [1.54, 1.807) is 4.90 Å². The van der Waals surface area contributed by atoms with Gasteiger partial charge in [-0.25, -0.2) is 0 Å². The molecular formula is C9H16N2O3. The van der Waals surface area contributed by atoms with Crippen LogP contribution in [0.1, 0.15) is 0 Å². The van der Waals surface area contributed by atoms with Gasteiger partial charge in [0.2, 0.25) is 5.91 Å². The molecule has 2 heterocycles. The molecule has 0 bridgehead atoms. The zero-order valence-electron chi connectivity index (χ0n) is 8.11. The van der Waals surface area contributed by atoms with E-state index in [0.29, 0.717) is 26.3 Å². The van der Waals surface area contributed by atoms with Crippen molar-refractivity contribution in [2.24, 2.45) is 5.92 Å². The molecule has 0 aromatic heterocycles. The third-order valence-electron chi connectivity index (χ3n) is 2.69. The Bertz CT molecular complexity index is 218. The normalized spacial score (nSPS) is 29.5. The minimum absolute atomic E-state index is 0.111. The number of nitrogens with one attached hydrogen (secondary N) is 1. The van der Waals surface area contributed by atoms with E-state index in [9.17, 15) is 9.90 Å². The van der Waals surface area contributed by atoms with E-state index in [1.165, 1.54) is 0 Å². The summed E-state index contributed by atoms with van der Waals surface area (Å²) in [6.45, 7) is 3.43. The smallest absolute Gasteiger partial charge is 0.228 e. The van der Waals surface area contributed by atoms with E-state index in [0.717, 1.165) is 13.1 Å². The number of carbonyl (C=O) groups is 1. The van der Waals surface area contributed by atoms with Gasteiger partial charge in [0.25, 0.3) is 0 Å². The van der Waals surface area contributed by atoms with Crippen LogP contribution in [0.2, 0.25) is 0 Å². The second-order valence-corrected chi connectivity index (χ2v) is 3.87. The molecule has 14 heavy (non-hydrogen) atoms. The monoisotopic (exact) mass is 200 g/mol. The molecule has 0 aromatic carbocycles. The van der Waals surface area contributed by atoms with Crippen LogP contribution < -0.4 is 5.32 Å². The zero-order valence-corrected chi connectivity index (χ0v) is 8.11. The second-order valence-electron chi connectivity index (χ2n) is 3.87. The molecule has 2 aliphatic rings. The van der Waals surface area contributed by atoms with Crippen LogP contribution in [0.15, 0.2) is 0 Å². The van der Waals surface area contributed by atoms with Crippen LogP contribution in [0.3, 0.4) is 0 Å². The number of carbonyl (C=O) groups excluding carboxylic acids is 1. The van der Waals surface area contributed by atoms with E-state index in [-0.39, 0.29) is 11.8 Å². The standard InChI is InChI=1S/C9H16N2O3/c12-8-5-11(1-2-14-6-8)9(13)7-3-10-4-7/h7-8,10,12H,1-6H2. The van der Waals surface area contributed by atoms with Crippen LogP contribution in [0, 0.1) is 5.92 Å². The van der Waals surface area contributed by atoms with Crippen molar-refractivity contribution in [1.29, 1.82) is 0 Å². The summed E-state index contributed by atoms with van der Waals surface area (Å²) in [5.74, 6) is 0.258. The maximum Gasteiger partial charge on any atom is 0.228 e. The minimum Gasteiger partial charge on any atom is -0.389 e. The van der Waals surface area contributed by atoms with Gasteiger partial charge in [-0.3, -0.25) is 4.79 Å². The van der Waals surface area contributed by atoms with Crippen LogP contribution in [0.5, 0.6) is 0 Å². The lowest BCUT2D eigenvalue weighted by molar-refractivity contribution is -0.138. The van der Waals surface area contributed by atoms with Gasteiger partial charge in [-0.2, -0.15) is 0 Å². The Balaban J connectivity index is 1.90. The maximum absolute atomic E-state index is 11.8. The number of ether oxygens (including phenoxy) is 1. The van der Waals surface area contributed by atoms with Crippen LogP contribution in [0.4, 0.5) is 0 Å². The molecule has 2 aliphatic heterocycles. The highest BCUT2D eigenvalue weighted by atomic mass is 16.5. The Morgan fingerprint density at radius 2 is 2.29 bits per heavy atom. The summed E-state index contributed by atoms with van der Waals surface area (Å²) in [7, 11) is 0. The fourth-order valence-electron chi connectivity index (χ4n) is 1.71. The van der Waals surface area contributed by atoms with E-state index in [1.807, 2.05) is 0 Å². The number of hydrogen-bond acceptors (Lipinski definition) is 4. The summed E-state index contributed by atoms with van der Waals surface area (Å²) in [4.78, 5) is 13.5. The van der Waals surface area contributed by atoms with Crippen LogP contribution in [-0.4, -0.2) is 61.4 Å². The molecule has 5 nitrogen and oxygen atoms in total. The molecule has 0 aliphatic carbocycles. The topological polar surface area (TPSA) is 61.8 Å². The van der Waals surface area contributed by atoms with Crippen LogP contribution in [0.25, 0.3) is 0 Å². The number of rotatable bonds is 1. The molecule has 1 atom stereocenters. The van der Waals surface area contributed by atoms with Gasteiger partial charge in [-0.1, -0.05) is 0 Å². The quantitative estimate of drug-likeness (QED) is 0.536. The van der Waals surface area contributed by atoms with Crippen molar-refractivity contribution in [2.45, 2.75) is 6.10 Å². The Morgan fingerprint density at radius 3 is 2.93 bits per heavy atom. The van der Waals surface area contributed by atoms with Crippen molar-refractivity contribution in [3.63, 3.8) is 0 Å². The molecule has 0 radical (unpaired) electrons. The number of aliphatic hydroxyl groups excluding tert-OH is 1. The van der Waals surface area contributed by atoms with Crippen molar-refractivity contribution in [3.8, 4) is 0 Å². The molecule has 2 fully saturated rings. The average molecular weight is 200 g/mol. The number of aliphatic hydroxyl groups is 1. The Kier molecular flexibility index (Phi) is 3.00. The van der Waals surface area contributed by atoms with Gasteiger partial charge < -0.3 is 20.1 Å². The van der Waals surface area contributed by atoms with Gasteiger partial charge in [0.1, 0.15) is 0 Å². The third-order valence-corrected chi connectivity index (χ3v) is 2.69. The Morgan fingerprint density at radius 1 is 1.50 bits per heavy atom. The van der Waals surface area contributed by atoms with Crippen molar-refractivity contribution < 1.29 is 14.6 Å². The lowest BCUT2D eigenvalue weighted by Crippen LogP contribution is -2.53. The second kappa shape index (κ2) is 4.25. The van der Waals surface area contributed by atoms with Gasteiger partial charge in [-0.05, 0) is 0 Å². The summed E-state index contributed by atoms with van der Waals surface area (Å²) in [5, 5.41) is 12.5. The van der Waals surface area contributed by atoms with E-state index in [2.05, 4.69) is 5.32 Å². The largest absolute Gasteiger partial charge is 0.389 e. The number of β-amino-alcohol motifs (C(OH)–C–C–N with tert-alkyl or cyclic N) is 1. The lowest BCUT2D eigenvalue weighted by atomic mass is 10.0. The Hall–Kier alpha value is -0.650. The molecule has 2 saturated heterocycles. The molecule has 0 aromatic rings. The first-order chi connectivity index (χ1) is 6.77. The highest BCUT2D eigenvalue weighted by Gasteiger charge is 2.30. The first-order valence-corrected chi connectivity index (χ1v) is 5.02. The SMILES string of the molecule is O=C(C1CNC1)N1CCOCC(O)C1. The maximum atomic E-state index is 11.8. The predicted octanol–water partition coefficient (Wildman–Crippen LogP) is -1.57. The van der Waals surface area contributed by atoms with Gasteiger partial charge in [0, 0.05) is 26.2 Å². The van der Waals surface area contributed by atoms with Crippen molar-refractivity contribution in [3.05, 3.63) is 0 Å². The molecular weight excluding hydrogens is 184 g/mol.